The number of hydrogen-bond acceptors (Lipinski definition) is 3. The van der Waals surface area contributed by atoms with Crippen molar-refractivity contribution in [2.45, 2.75) is 13.3 Å². The Morgan fingerprint density at radius 1 is 1.44 bits per heavy atom. The van der Waals surface area contributed by atoms with Crippen LogP contribution in [0, 0.1) is 0 Å². The summed E-state index contributed by atoms with van der Waals surface area (Å²) in [6.45, 7) is 2.54. The van der Waals surface area contributed by atoms with Gasteiger partial charge in [-0.05, 0) is 25.1 Å². The summed E-state index contributed by atoms with van der Waals surface area (Å²) in [5.74, 6) is -0.925. The average Bonchev–Trinajstić information content (AvgIpc) is 2.31. The molecule has 0 radical (unpaired) electrons. The molecule has 0 aliphatic rings. The molecule has 0 aromatic heterocycles. The number of carbonyl (C=O) groups excluding carboxylic acids is 1. The number of carboxylic acid groups (broad SMARTS) is 1. The molecule has 0 unspecified atom stereocenters. The molecule has 0 spiro atoms. The number of nitrogens with one attached hydrogen (secondary N) is 1. The molecule has 0 aliphatic carbocycles. The van der Waals surface area contributed by atoms with Crippen LogP contribution in [-0.4, -0.2) is 30.1 Å². The summed E-state index contributed by atoms with van der Waals surface area (Å²) in [6.07, 6.45) is 0.197. The van der Waals surface area contributed by atoms with Gasteiger partial charge in [0.1, 0.15) is 11.3 Å². The van der Waals surface area contributed by atoms with Crippen LogP contribution in [-0.2, 0) is 4.79 Å². The highest BCUT2D eigenvalue weighted by molar-refractivity contribution is 9.10. The Morgan fingerprint density at radius 3 is 2.78 bits per heavy atom. The van der Waals surface area contributed by atoms with Crippen LogP contribution in [0.2, 0.25) is 0 Å². The quantitative estimate of drug-likeness (QED) is 0.842. The summed E-state index contributed by atoms with van der Waals surface area (Å²) in [4.78, 5) is 22.2. The van der Waals surface area contributed by atoms with Gasteiger partial charge in [-0.15, -0.1) is 0 Å². The number of benzene rings is 1. The first kappa shape index (κ1) is 14.5. The number of halogens is 1. The molecule has 0 saturated heterocycles. The van der Waals surface area contributed by atoms with Gasteiger partial charge in [0.15, 0.2) is 0 Å². The van der Waals surface area contributed by atoms with Crippen molar-refractivity contribution in [2.75, 3.05) is 13.2 Å². The molecule has 5 nitrogen and oxygen atoms in total. The first-order valence-electron chi connectivity index (χ1n) is 5.47. The lowest BCUT2D eigenvalue weighted by molar-refractivity contribution is -0.121. The molecule has 18 heavy (non-hydrogen) atoms. The molecule has 0 heterocycles. The van der Waals surface area contributed by atoms with Gasteiger partial charge >= 0.3 is 5.97 Å². The van der Waals surface area contributed by atoms with E-state index in [9.17, 15) is 9.59 Å². The molecule has 1 aromatic rings. The lowest BCUT2D eigenvalue weighted by Crippen LogP contribution is -2.24. The van der Waals surface area contributed by atoms with Gasteiger partial charge in [0.05, 0.1) is 13.0 Å². The number of carboxylic acids is 1. The molecule has 0 aliphatic heterocycles. The molecule has 2 N–H and O–H groups in total. The predicted octanol–water partition coefficient (Wildman–Crippen LogP) is 2.05. The first-order chi connectivity index (χ1) is 8.54. The first-order valence-corrected chi connectivity index (χ1v) is 6.26. The van der Waals surface area contributed by atoms with E-state index in [0.717, 1.165) is 0 Å². The van der Waals surface area contributed by atoms with Gasteiger partial charge in [0.25, 0.3) is 0 Å². The van der Waals surface area contributed by atoms with Crippen molar-refractivity contribution < 1.29 is 19.4 Å². The summed E-state index contributed by atoms with van der Waals surface area (Å²) in [5, 5.41) is 11.6. The second kappa shape index (κ2) is 7.00. The molecular formula is C12H14BrNO4. The summed E-state index contributed by atoms with van der Waals surface area (Å²) < 4.78 is 5.97. The number of amides is 1. The summed E-state index contributed by atoms with van der Waals surface area (Å²) in [6, 6.07) is 4.71. The lowest BCUT2D eigenvalue weighted by atomic mass is 10.2. The minimum atomic E-state index is -1.07. The van der Waals surface area contributed by atoms with Crippen LogP contribution >= 0.6 is 15.9 Å². The van der Waals surface area contributed by atoms with Gasteiger partial charge < -0.3 is 15.2 Å². The van der Waals surface area contributed by atoms with Gasteiger partial charge in [-0.25, -0.2) is 4.79 Å². The fourth-order valence-corrected chi connectivity index (χ4v) is 1.70. The highest BCUT2D eigenvalue weighted by Gasteiger charge is 2.12. The number of rotatable bonds is 6. The standard InChI is InChI=1S/C12H14BrNO4/c1-2-14-11(15)5-6-18-10-4-3-8(13)7-9(10)12(16)17/h3-4,7H,2,5-6H2,1H3,(H,14,15)(H,16,17). The van der Waals surface area contributed by atoms with Crippen LogP contribution in [0.4, 0.5) is 0 Å². The van der Waals surface area contributed by atoms with Crippen molar-refractivity contribution >= 4 is 27.8 Å². The molecule has 0 fully saturated rings. The summed E-state index contributed by atoms with van der Waals surface area (Å²) in [5.41, 5.74) is 0.0697. The zero-order valence-electron chi connectivity index (χ0n) is 9.90. The highest BCUT2D eigenvalue weighted by Crippen LogP contribution is 2.23. The maximum Gasteiger partial charge on any atom is 0.339 e. The number of carbonyl (C=O) groups is 2. The Bertz CT molecular complexity index is 448. The molecule has 0 bridgehead atoms. The second-order valence-corrected chi connectivity index (χ2v) is 4.41. The Hall–Kier alpha value is -1.56. The van der Waals surface area contributed by atoms with E-state index >= 15 is 0 Å². The number of aromatic carboxylic acids is 1. The van der Waals surface area contributed by atoms with Crippen molar-refractivity contribution in [2.24, 2.45) is 0 Å². The van der Waals surface area contributed by atoms with Crippen LogP contribution in [0.5, 0.6) is 5.75 Å². The van der Waals surface area contributed by atoms with Crippen LogP contribution in [0.15, 0.2) is 22.7 Å². The predicted molar refractivity (Wildman–Crippen MR) is 69.9 cm³/mol. The van der Waals surface area contributed by atoms with Gasteiger partial charge in [0, 0.05) is 11.0 Å². The van der Waals surface area contributed by atoms with E-state index in [0.29, 0.717) is 11.0 Å². The van der Waals surface area contributed by atoms with Gasteiger partial charge in [0.2, 0.25) is 5.91 Å². The van der Waals surface area contributed by atoms with Crippen LogP contribution in [0.3, 0.4) is 0 Å². The monoisotopic (exact) mass is 315 g/mol. The number of hydrogen-bond donors (Lipinski definition) is 2. The fraction of sp³-hybridized carbons (Fsp3) is 0.333. The second-order valence-electron chi connectivity index (χ2n) is 3.50. The smallest absolute Gasteiger partial charge is 0.339 e. The molecule has 1 rings (SSSR count). The normalized spacial score (nSPS) is 9.89. The summed E-state index contributed by atoms with van der Waals surface area (Å²) in [7, 11) is 0. The third kappa shape index (κ3) is 4.37. The van der Waals surface area contributed by atoms with E-state index in [1.54, 1.807) is 12.1 Å². The number of ether oxygens (including phenoxy) is 1. The van der Waals surface area contributed by atoms with Crippen molar-refractivity contribution in [1.82, 2.24) is 5.32 Å². The third-order valence-corrected chi connectivity index (χ3v) is 2.63. The van der Waals surface area contributed by atoms with E-state index in [1.807, 2.05) is 6.92 Å². The van der Waals surface area contributed by atoms with E-state index in [4.69, 9.17) is 9.84 Å². The molecule has 1 aromatic carbocycles. The van der Waals surface area contributed by atoms with Gasteiger partial charge in [-0.1, -0.05) is 15.9 Å². The SMILES string of the molecule is CCNC(=O)CCOc1ccc(Br)cc1C(=O)O. The maximum atomic E-state index is 11.2. The minimum absolute atomic E-state index is 0.0697. The van der Waals surface area contributed by atoms with Crippen LogP contribution in [0.1, 0.15) is 23.7 Å². The molecular weight excluding hydrogens is 302 g/mol. The zero-order chi connectivity index (χ0) is 13.5. The molecule has 0 saturated carbocycles. The van der Waals surface area contributed by atoms with Crippen molar-refractivity contribution in [3.05, 3.63) is 28.2 Å². The Labute approximate surface area is 113 Å². The molecule has 1 amide bonds. The van der Waals surface area contributed by atoms with Gasteiger partial charge in [-0.2, -0.15) is 0 Å². The maximum absolute atomic E-state index is 11.2. The lowest BCUT2D eigenvalue weighted by Gasteiger charge is -2.09. The van der Waals surface area contributed by atoms with Crippen LogP contribution < -0.4 is 10.1 Å². The van der Waals surface area contributed by atoms with E-state index in [-0.39, 0.29) is 30.2 Å². The molecule has 0 atom stereocenters. The fourth-order valence-electron chi connectivity index (χ4n) is 1.33. The van der Waals surface area contributed by atoms with Crippen molar-refractivity contribution in [3.63, 3.8) is 0 Å². The molecule has 6 heteroatoms. The third-order valence-electron chi connectivity index (χ3n) is 2.13. The Kier molecular flexibility index (Phi) is 5.64. The van der Waals surface area contributed by atoms with Crippen molar-refractivity contribution in [1.29, 1.82) is 0 Å². The Morgan fingerprint density at radius 2 is 2.17 bits per heavy atom. The molecule has 98 valence electrons. The zero-order valence-corrected chi connectivity index (χ0v) is 11.5. The topological polar surface area (TPSA) is 75.6 Å². The van der Waals surface area contributed by atoms with E-state index in [1.165, 1.54) is 6.07 Å². The van der Waals surface area contributed by atoms with E-state index < -0.39 is 5.97 Å². The van der Waals surface area contributed by atoms with E-state index in [2.05, 4.69) is 21.2 Å². The average molecular weight is 316 g/mol. The minimum Gasteiger partial charge on any atom is -0.492 e. The highest BCUT2D eigenvalue weighted by atomic mass is 79.9. The Balaban J connectivity index is 2.62. The van der Waals surface area contributed by atoms with Crippen LogP contribution in [0.25, 0.3) is 0 Å². The van der Waals surface area contributed by atoms with Gasteiger partial charge in [-0.3, -0.25) is 4.79 Å². The van der Waals surface area contributed by atoms with Crippen molar-refractivity contribution in [3.8, 4) is 5.75 Å². The summed E-state index contributed by atoms with van der Waals surface area (Å²) >= 11 is 3.19. The largest absolute Gasteiger partial charge is 0.492 e.